The van der Waals surface area contributed by atoms with Crippen molar-refractivity contribution in [1.82, 2.24) is 5.32 Å². The molecule has 0 aromatic heterocycles. The zero-order valence-corrected chi connectivity index (χ0v) is 12.0. The predicted molar refractivity (Wildman–Crippen MR) is 73.5 cm³/mol. The summed E-state index contributed by atoms with van der Waals surface area (Å²) in [5.41, 5.74) is 0.527. The fraction of sp³-hybridized carbons (Fsp3) is 1.00. The third-order valence-corrected chi connectivity index (χ3v) is 7.21. The summed E-state index contributed by atoms with van der Waals surface area (Å²) in [6.45, 7) is 6.90. The van der Waals surface area contributed by atoms with Crippen molar-refractivity contribution in [2.75, 3.05) is 13.2 Å². The Kier molecular flexibility index (Phi) is 2.07. The highest BCUT2D eigenvalue weighted by atomic mass is 16.7. The van der Waals surface area contributed by atoms with E-state index in [0.717, 1.165) is 30.3 Å². The van der Waals surface area contributed by atoms with Gasteiger partial charge in [-0.2, -0.15) is 0 Å². The van der Waals surface area contributed by atoms with Gasteiger partial charge in [0.25, 0.3) is 0 Å². The van der Waals surface area contributed by atoms with E-state index in [4.69, 9.17) is 9.31 Å². The van der Waals surface area contributed by atoms with Crippen LogP contribution in [0.1, 0.15) is 39.5 Å². The summed E-state index contributed by atoms with van der Waals surface area (Å²) < 4.78 is 12.7. The monoisotopic (exact) mass is 261 g/mol. The summed E-state index contributed by atoms with van der Waals surface area (Å²) in [7, 11) is 0.0328. The fourth-order valence-electron chi connectivity index (χ4n) is 5.69. The van der Waals surface area contributed by atoms with E-state index in [1.165, 1.54) is 32.2 Å². The Hall–Kier alpha value is -0.0551. The van der Waals surface area contributed by atoms with Gasteiger partial charge in [-0.15, -0.1) is 0 Å². The molecule has 6 atom stereocenters. The molecule has 4 heteroatoms. The highest BCUT2D eigenvalue weighted by Crippen LogP contribution is 2.65. The minimum absolute atomic E-state index is 0.0328. The number of hydrogen-bond donors (Lipinski definition) is 1. The lowest BCUT2D eigenvalue weighted by atomic mass is 9.44. The Balaban J connectivity index is 1.37. The van der Waals surface area contributed by atoms with Crippen molar-refractivity contribution < 1.29 is 9.31 Å². The largest absolute Gasteiger partial charge is 0.475 e. The van der Waals surface area contributed by atoms with Gasteiger partial charge in [-0.25, -0.2) is 0 Å². The molecule has 2 heterocycles. The van der Waals surface area contributed by atoms with Gasteiger partial charge >= 0.3 is 7.12 Å². The Morgan fingerprint density at radius 2 is 2.16 bits per heavy atom. The molecule has 0 aromatic rings. The molecule has 0 radical (unpaired) electrons. The van der Waals surface area contributed by atoms with Gasteiger partial charge in [-0.1, -0.05) is 13.8 Å². The lowest BCUT2D eigenvalue weighted by Crippen LogP contribution is -2.63. The van der Waals surface area contributed by atoms with Crippen molar-refractivity contribution >= 4 is 7.12 Å². The lowest BCUT2D eigenvalue weighted by molar-refractivity contribution is -0.183. The minimum atomic E-state index is 0.0328. The van der Waals surface area contributed by atoms with Crippen LogP contribution in [0.25, 0.3) is 0 Å². The first-order valence-corrected chi connectivity index (χ1v) is 8.13. The van der Waals surface area contributed by atoms with Crippen LogP contribution < -0.4 is 5.32 Å². The fourth-order valence-corrected chi connectivity index (χ4v) is 5.69. The second-order valence-corrected chi connectivity index (χ2v) is 8.30. The van der Waals surface area contributed by atoms with E-state index in [2.05, 4.69) is 19.2 Å². The van der Waals surface area contributed by atoms with Gasteiger partial charge < -0.3 is 14.6 Å². The summed E-state index contributed by atoms with van der Waals surface area (Å²) in [5.74, 6) is 3.89. The third-order valence-electron chi connectivity index (χ3n) is 7.21. The molecule has 4 saturated carbocycles. The molecule has 104 valence electrons. The van der Waals surface area contributed by atoms with Gasteiger partial charge in [-0.05, 0) is 61.3 Å². The molecular formula is C15H24BNO2. The molecule has 1 N–H and O–H groups in total. The average Bonchev–Trinajstić information content (AvgIpc) is 2.87. The smallest absolute Gasteiger partial charge is 0.407 e. The van der Waals surface area contributed by atoms with Crippen LogP contribution in [-0.4, -0.2) is 31.8 Å². The van der Waals surface area contributed by atoms with Gasteiger partial charge in [0.2, 0.25) is 0 Å². The number of hydrogen-bond acceptors (Lipinski definition) is 3. The van der Waals surface area contributed by atoms with Crippen LogP contribution in [0.5, 0.6) is 0 Å². The Labute approximate surface area is 115 Å². The summed E-state index contributed by atoms with van der Waals surface area (Å²) in [4.78, 5) is 0. The predicted octanol–water partition coefficient (Wildman–Crippen LogP) is 1.86. The molecule has 19 heavy (non-hydrogen) atoms. The molecule has 6 unspecified atom stereocenters. The zero-order valence-electron chi connectivity index (χ0n) is 12.0. The second-order valence-electron chi connectivity index (χ2n) is 8.30. The van der Waals surface area contributed by atoms with Gasteiger partial charge in [0, 0.05) is 5.94 Å². The molecule has 6 aliphatic rings. The normalized spacial score (nSPS) is 57.2. The highest BCUT2D eigenvalue weighted by molar-refractivity contribution is 6.47. The van der Waals surface area contributed by atoms with E-state index >= 15 is 0 Å². The molecule has 4 aliphatic carbocycles. The van der Waals surface area contributed by atoms with E-state index in [1.54, 1.807) is 0 Å². The molecule has 6 rings (SSSR count). The number of piperidine rings is 1. The third kappa shape index (κ3) is 1.36. The Bertz CT molecular complexity index is 426. The van der Waals surface area contributed by atoms with Gasteiger partial charge in [0.15, 0.2) is 0 Å². The average molecular weight is 261 g/mol. The van der Waals surface area contributed by atoms with Crippen LogP contribution in [0.3, 0.4) is 0 Å². The SMILES string of the molecule is CC1(C)C2CCC3(COB(C4NCC5CC54)O3)C1C2. The summed E-state index contributed by atoms with van der Waals surface area (Å²) >= 11 is 0. The summed E-state index contributed by atoms with van der Waals surface area (Å²) in [6.07, 6.45) is 5.32. The van der Waals surface area contributed by atoms with Crippen molar-refractivity contribution in [3.8, 4) is 0 Å². The Morgan fingerprint density at radius 1 is 1.26 bits per heavy atom. The molecule has 0 aromatic carbocycles. The van der Waals surface area contributed by atoms with E-state index in [9.17, 15) is 0 Å². The zero-order chi connectivity index (χ0) is 12.8. The van der Waals surface area contributed by atoms with Crippen LogP contribution in [0.15, 0.2) is 0 Å². The minimum Gasteiger partial charge on any atom is -0.407 e. The van der Waals surface area contributed by atoms with Crippen LogP contribution in [-0.2, 0) is 9.31 Å². The van der Waals surface area contributed by atoms with Crippen molar-refractivity contribution in [3.05, 3.63) is 0 Å². The van der Waals surface area contributed by atoms with Gasteiger partial charge in [0.1, 0.15) is 0 Å². The molecule has 0 amide bonds. The molecule has 2 bridgehead atoms. The van der Waals surface area contributed by atoms with E-state index in [0.29, 0.717) is 11.4 Å². The standard InChI is InChI=1S/C15H24BNO2/c1-14(2)10-3-4-15(12(14)6-10)8-18-16(19-15)13-11-5-9(11)7-17-13/h9-13,17H,3-8H2,1-2H3. The Morgan fingerprint density at radius 3 is 2.79 bits per heavy atom. The maximum Gasteiger partial charge on any atom is 0.475 e. The maximum absolute atomic E-state index is 6.57. The van der Waals surface area contributed by atoms with Gasteiger partial charge in [0.05, 0.1) is 12.2 Å². The van der Waals surface area contributed by atoms with Crippen molar-refractivity contribution in [1.29, 1.82) is 0 Å². The number of rotatable bonds is 1. The lowest BCUT2D eigenvalue weighted by Gasteiger charge is -2.63. The van der Waals surface area contributed by atoms with Gasteiger partial charge in [-0.3, -0.25) is 0 Å². The maximum atomic E-state index is 6.57. The van der Waals surface area contributed by atoms with Crippen molar-refractivity contribution in [3.63, 3.8) is 0 Å². The molecule has 3 nitrogen and oxygen atoms in total. The first-order valence-electron chi connectivity index (χ1n) is 8.13. The number of nitrogens with one attached hydrogen (secondary N) is 1. The molecule has 2 aliphatic heterocycles. The van der Waals surface area contributed by atoms with E-state index in [-0.39, 0.29) is 12.7 Å². The number of fused-ring (bicyclic) bond motifs is 2. The van der Waals surface area contributed by atoms with Crippen LogP contribution in [0, 0.1) is 29.1 Å². The molecule has 6 fully saturated rings. The summed E-state index contributed by atoms with van der Waals surface area (Å²) in [6, 6.07) is 0. The van der Waals surface area contributed by atoms with Crippen molar-refractivity contribution in [2.45, 2.75) is 51.1 Å². The first kappa shape index (κ1) is 11.6. The highest BCUT2D eigenvalue weighted by Gasteiger charge is 2.66. The quantitative estimate of drug-likeness (QED) is 0.731. The topological polar surface area (TPSA) is 30.5 Å². The van der Waals surface area contributed by atoms with E-state index in [1.807, 2.05) is 0 Å². The van der Waals surface area contributed by atoms with Crippen LogP contribution in [0.4, 0.5) is 0 Å². The molecule has 2 saturated heterocycles. The summed E-state index contributed by atoms with van der Waals surface area (Å²) in [5, 5.41) is 3.62. The first-order chi connectivity index (χ1) is 9.10. The van der Waals surface area contributed by atoms with Crippen LogP contribution >= 0.6 is 0 Å². The van der Waals surface area contributed by atoms with Crippen molar-refractivity contribution in [2.24, 2.45) is 29.1 Å². The molecular weight excluding hydrogens is 237 g/mol. The van der Waals surface area contributed by atoms with Crippen LogP contribution in [0.2, 0.25) is 0 Å². The molecule has 1 spiro atoms. The van der Waals surface area contributed by atoms with E-state index < -0.39 is 0 Å². The second kappa shape index (κ2) is 3.40.